The van der Waals surface area contributed by atoms with Gasteiger partial charge in [-0.3, -0.25) is 15.0 Å². The number of nitrogens with one attached hydrogen (secondary N) is 2. The maximum absolute atomic E-state index is 14.2. The van der Waals surface area contributed by atoms with Gasteiger partial charge < -0.3 is 14.4 Å². The number of halogens is 1. The number of amides is 3. The molecule has 2 fully saturated rings. The first-order chi connectivity index (χ1) is 15.7. The van der Waals surface area contributed by atoms with Crippen LogP contribution >= 0.6 is 0 Å². The number of urea groups is 1. The van der Waals surface area contributed by atoms with Crippen LogP contribution in [0.25, 0.3) is 0 Å². The van der Waals surface area contributed by atoms with Gasteiger partial charge >= 0.3 is 6.03 Å². The average molecular weight is 487 g/mol. The van der Waals surface area contributed by atoms with E-state index in [2.05, 4.69) is 10.0 Å². The van der Waals surface area contributed by atoms with Crippen LogP contribution < -0.4 is 14.8 Å². The lowest BCUT2D eigenvalue weighted by Gasteiger charge is -2.26. The third-order valence-electron chi connectivity index (χ3n) is 5.53. The zero-order chi connectivity index (χ0) is 23.8. The Labute approximate surface area is 193 Å². The van der Waals surface area contributed by atoms with E-state index >= 15 is 0 Å². The van der Waals surface area contributed by atoms with Crippen molar-refractivity contribution < 1.29 is 31.9 Å². The summed E-state index contributed by atoms with van der Waals surface area (Å²) in [5.41, 5.74) is 0.599. The first-order valence-corrected chi connectivity index (χ1v) is 12.7. The summed E-state index contributed by atoms with van der Waals surface area (Å²) < 4.78 is 52.6. The smallest absolute Gasteiger partial charge is 0.324 e. The van der Waals surface area contributed by atoms with Crippen molar-refractivity contribution in [3.05, 3.63) is 29.6 Å². The van der Waals surface area contributed by atoms with Crippen LogP contribution in [-0.4, -0.2) is 82.0 Å². The number of nitrogens with zero attached hydrogens (tertiary/aromatic N) is 2. The molecule has 0 unspecified atom stereocenters. The Balaban J connectivity index is 1.43. The second-order valence-electron chi connectivity index (χ2n) is 8.19. The van der Waals surface area contributed by atoms with Crippen LogP contribution in [-0.2, 0) is 19.6 Å². The van der Waals surface area contributed by atoms with Gasteiger partial charge in [0, 0.05) is 25.7 Å². The Morgan fingerprint density at radius 1 is 1.21 bits per heavy atom. The molecule has 1 aromatic carbocycles. The minimum absolute atomic E-state index is 0.0476. The van der Waals surface area contributed by atoms with Gasteiger partial charge in [-0.2, -0.15) is 0 Å². The van der Waals surface area contributed by atoms with Crippen molar-refractivity contribution in [1.82, 2.24) is 19.8 Å². The fraction of sp³-hybridized carbons (Fsp3) is 0.619. The van der Waals surface area contributed by atoms with Crippen molar-refractivity contribution in [3.8, 4) is 5.75 Å². The first kappa shape index (κ1) is 25.3. The molecule has 0 aromatic heterocycles. The highest BCUT2D eigenvalue weighted by Gasteiger charge is 2.25. The molecule has 12 heteroatoms. The SMILES string of the molecule is C[C@@H](NS(=O)(=O)CCCCCN1CC(=O)NC1=O)c1ccc(F)c(OCN2CCOCC2)c1. The van der Waals surface area contributed by atoms with E-state index in [0.717, 1.165) is 0 Å². The number of carbonyl (C=O) groups is 2. The molecule has 0 bridgehead atoms. The standard InChI is InChI=1S/C21H31FN4O6S/c1-16(17-5-6-18(22)19(13-17)32-15-25-8-10-31-11-9-25)24-33(29,30)12-4-2-3-7-26-14-20(27)23-21(26)28/h5-6,13,16,24H,2-4,7-12,14-15H2,1H3,(H,23,27,28)/t16-/m1/s1. The van der Waals surface area contributed by atoms with Crippen molar-refractivity contribution in [2.24, 2.45) is 0 Å². The molecule has 0 radical (unpaired) electrons. The first-order valence-electron chi connectivity index (χ1n) is 11.0. The molecule has 2 heterocycles. The van der Waals surface area contributed by atoms with Gasteiger partial charge in [-0.25, -0.2) is 22.3 Å². The molecule has 33 heavy (non-hydrogen) atoms. The van der Waals surface area contributed by atoms with Crippen LogP contribution in [0.15, 0.2) is 18.2 Å². The summed E-state index contributed by atoms with van der Waals surface area (Å²) in [5.74, 6) is -0.814. The van der Waals surface area contributed by atoms with Gasteiger partial charge in [0.05, 0.1) is 19.0 Å². The van der Waals surface area contributed by atoms with Crippen molar-refractivity contribution in [3.63, 3.8) is 0 Å². The van der Waals surface area contributed by atoms with Gasteiger partial charge in [0.1, 0.15) is 13.3 Å². The number of imide groups is 1. The molecule has 2 N–H and O–H groups in total. The van der Waals surface area contributed by atoms with Crippen molar-refractivity contribution >= 4 is 22.0 Å². The Kier molecular flexibility index (Phi) is 9.01. The molecular weight excluding hydrogens is 455 g/mol. The zero-order valence-corrected chi connectivity index (χ0v) is 19.5. The number of morpholine rings is 1. The molecular formula is C21H31FN4O6S. The van der Waals surface area contributed by atoms with Gasteiger partial charge in [-0.1, -0.05) is 12.5 Å². The summed E-state index contributed by atoms with van der Waals surface area (Å²) in [5, 5.41) is 2.20. The summed E-state index contributed by atoms with van der Waals surface area (Å²) >= 11 is 0. The van der Waals surface area contributed by atoms with Gasteiger partial charge in [-0.05, 0) is 37.5 Å². The van der Waals surface area contributed by atoms with Crippen LogP contribution in [0.2, 0.25) is 0 Å². The van der Waals surface area contributed by atoms with E-state index in [-0.39, 0.29) is 30.7 Å². The number of benzene rings is 1. The van der Waals surface area contributed by atoms with Crippen molar-refractivity contribution in [2.75, 3.05) is 51.9 Å². The highest BCUT2D eigenvalue weighted by molar-refractivity contribution is 7.89. The second kappa shape index (κ2) is 11.7. The van der Waals surface area contributed by atoms with E-state index in [4.69, 9.17) is 9.47 Å². The monoisotopic (exact) mass is 486 g/mol. The minimum Gasteiger partial charge on any atom is -0.475 e. The number of rotatable bonds is 12. The molecule has 2 aliphatic heterocycles. The zero-order valence-electron chi connectivity index (χ0n) is 18.7. The lowest BCUT2D eigenvalue weighted by atomic mass is 10.1. The fourth-order valence-electron chi connectivity index (χ4n) is 3.62. The predicted molar refractivity (Wildman–Crippen MR) is 119 cm³/mol. The lowest BCUT2D eigenvalue weighted by molar-refractivity contribution is -0.118. The van der Waals surface area contributed by atoms with Crippen molar-refractivity contribution in [1.29, 1.82) is 0 Å². The van der Waals surface area contributed by atoms with E-state index in [1.54, 1.807) is 6.92 Å². The maximum Gasteiger partial charge on any atom is 0.324 e. The van der Waals surface area contributed by atoms with Crippen molar-refractivity contribution in [2.45, 2.75) is 32.2 Å². The molecule has 3 rings (SSSR count). The van der Waals surface area contributed by atoms with E-state index < -0.39 is 27.9 Å². The fourth-order valence-corrected chi connectivity index (χ4v) is 5.00. The van der Waals surface area contributed by atoms with E-state index in [9.17, 15) is 22.4 Å². The maximum atomic E-state index is 14.2. The number of sulfonamides is 1. The normalized spacial score (nSPS) is 18.4. The number of ether oxygens (including phenoxy) is 2. The highest BCUT2D eigenvalue weighted by Crippen LogP contribution is 2.24. The molecule has 1 aromatic rings. The number of hydrogen-bond acceptors (Lipinski definition) is 7. The van der Waals surface area contributed by atoms with Gasteiger partial charge in [0.15, 0.2) is 11.6 Å². The molecule has 2 saturated heterocycles. The second-order valence-corrected chi connectivity index (χ2v) is 10.1. The van der Waals surface area contributed by atoms with E-state index in [1.807, 2.05) is 4.90 Å². The minimum atomic E-state index is -3.55. The highest BCUT2D eigenvalue weighted by atomic mass is 32.2. The lowest BCUT2D eigenvalue weighted by Crippen LogP contribution is -2.38. The molecule has 1 atom stereocenters. The van der Waals surface area contributed by atoms with Crippen LogP contribution in [0.3, 0.4) is 0 Å². The molecule has 0 saturated carbocycles. The molecule has 184 valence electrons. The predicted octanol–water partition coefficient (Wildman–Crippen LogP) is 1.20. The topological polar surface area (TPSA) is 117 Å². The molecule has 0 aliphatic carbocycles. The molecule has 2 aliphatic rings. The summed E-state index contributed by atoms with van der Waals surface area (Å²) in [6.07, 6.45) is 1.62. The number of unbranched alkanes of at least 4 members (excludes halogenated alkanes) is 2. The summed E-state index contributed by atoms with van der Waals surface area (Å²) in [6.45, 7) is 5.02. The molecule has 10 nitrogen and oxygen atoms in total. The van der Waals surface area contributed by atoms with Crippen LogP contribution in [0.5, 0.6) is 5.75 Å². The summed E-state index contributed by atoms with van der Waals surface area (Å²) in [6, 6.07) is 3.36. The third-order valence-corrected chi connectivity index (χ3v) is 7.07. The Morgan fingerprint density at radius 2 is 1.97 bits per heavy atom. The number of carbonyl (C=O) groups excluding carboxylic acids is 2. The summed E-state index contributed by atoms with van der Waals surface area (Å²) in [4.78, 5) is 26.1. The Morgan fingerprint density at radius 3 is 2.67 bits per heavy atom. The molecule has 0 spiro atoms. The summed E-state index contributed by atoms with van der Waals surface area (Å²) in [7, 11) is -3.55. The van der Waals surface area contributed by atoms with Gasteiger partial charge in [0.25, 0.3) is 0 Å². The average Bonchev–Trinajstić information content (AvgIpc) is 3.10. The Bertz CT molecular complexity index is 939. The van der Waals surface area contributed by atoms with E-state index in [0.29, 0.717) is 57.7 Å². The number of hydrogen-bond donors (Lipinski definition) is 2. The van der Waals surface area contributed by atoms with Gasteiger partial charge in [-0.15, -0.1) is 0 Å². The Hall–Kier alpha value is -2.28. The van der Waals surface area contributed by atoms with Crippen LogP contribution in [0.1, 0.15) is 37.8 Å². The quantitative estimate of drug-likeness (QED) is 0.337. The van der Waals surface area contributed by atoms with E-state index in [1.165, 1.54) is 23.1 Å². The third kappa shape index (κ3) is 7.91. The van der Waals surface area contributed by atoms with Crippen LogP contribution in [0.4, 0.5) is 9.18 Å². The largest absolute Gasteiger partial charge is 0.475 e. The van der Waals surface area contributed by atoms with Crippen LogP contribution in [0, 0.1) is 5.82 Å². The van der Waals surface area contributed by atoms with Gasteiger partial charge in [0.2, 0.25) is 15.9 Å². The molecule has 3 amide bonds.